The Labute approximate surface area is 695 Å². The molecule has 21 rings (SSSR count). The summed E-state index contributed by atoms with van der Waals surface area (Å²) >= 11 is 3.70. The number of benzene rings is 19. The third kappa shape index (κ3) is 14.6. The van der Waals surface area contributed by atoms with Gasteiger partial charge in [0.25, 0.3) is 0 Å². The highest BCUT2D eigenvalue weighted by Crippen LogP contribution is 2.50. The van der Waals surface area contributed by atoms with Crippen LogP contribution in [0.2, 0.25) is 0 Å². The van der Waals surface area contributed by atoms with Crippen LogP contribution in [0.5, 0.6) is 0 Å². The summed E-state index contributed by atoms with van der Waals surface area (Å²) in [4.78, 5) is 14.2. The molecule has 0 saturated carbocycles. The van der Waals surface area contributed by atoms with Crippen molar-refractivity contribution in [3.63, 3.8) is 0 Å². The molecule has 0 spiro atoms. The van der Waals surface area contributed by atoms with Crippen molar-refractivity contribution < 1.29 is 0 Å². The minimum atomic E-state index is 1.07. The zero-order valence-electron chi connectivity index (χ0n) is 64.5. The van der Waals surface area contributed by atoms with Gasteiger partial charge in [0, 0.05) is 143 Å². The molecule has 0 atom stereocenters. The second kappa shape index (κ2) is 32.4. The number of rotatable bonds is 19. The third-order valence-corrected chi connectivity index (χ3v) is 24.1. The van der Waals surface area contributed by atoms with Crippen LogP contribution < -0.4 is 29.4 Å². The van der Waals surface area contributed by atoms with Crippen LogP contribution in [-0.2, 0) is 0 Å². The fraction of sp³-hybridized carbons (Fsp3) is 0. The number of nitrogens with zero attached hydrogens (tertiary/aromatic N) is 6. The maximum Gasteiger partial charge on any atom is 0.0488 e. The van der Waals surface area contributed by atoms with Gasteiger partial charge < -0.3 is 29.4 Å². The predicted octanol–water partition coefficient (Wildman–Crippen LogP) is 32.9. The van der Waals surface area contributed by atoms with Crippen LogP contribution in [0.3, 0.4) is 0 Å². The van der Waals surface area contributed by atoms with E-state index in [1.54, 1.807) is 0 Å². The van der Waals surface area contributed by atoms with E-state index in [0.717, 1.165) is 113 Å². The lowest BCUT2D eigenvalue weighted by Gasteiger charge is -2.30. The summed E-state index contributed by atoms with van der Waals surface area (Å²) < 4.78 is 5.02. The molecule has 0 unspecified atom stereocenters. The number of hydrogen-bond donors (Lipinski definition) is 0. The Balaban J connectivity index is 0.000000156. The standard InChI is InChI=1S/C62H43N3S.C48H35N3S/c1-5-17-44(18-6-1)49-39-57(63(50-23-7-2-8-24-50)51-25-9-3-10-26-51)41-58(40-49)64(52-27-11-4-12-28-52)55-34-36-61-60(42-55)59-35-33-56(43-62(59)66-61)65(53-31-29-45-19-13-15-21-47(45)37-53)54-32-30-46-20-14-16-22-48(46)38-54;1-6-17-36(18-7-1)49(37-19-8-2-9-20-37)41-27-16-28-42(33-41)51(40-25-14-5-15-26-40)43-30-32-47-46(34-43)45-31-29-44(35-48(45)52-47)50(38-21-10-3-11-22-38)39-23-12-4-13-24-39/h1-43H;1-35H. The third-order valence-electron chi connectivity index (χ3n) is 21.9. The predicted molar refractivity (Wildman–Crippen MR) is 507 cm³/mol. The molecule has 0 bridgehead atoms. The smallest absolute Gasteiger partial charge is 0.0488 e. The zero-order valence-corrected chi connectivity index (χ0v) is 66.2. The van der Waals surface area contributed by atoms with Gasteiger partial charge >= 0.3 is 0 Å². The van der Waals surface area contributed by atoms with Crippen molar-refractivity contribution in [1.82, 2.24) is 0 Å². The topological polar surface area (TPSA) is 19.4 Å². The second-order valence-electron chi connectivity index (χ2n) is 29.3. The average molecular weight is 1550 g/mol. The van der Waals surface area contributed by atoms with Gasteiger partial charge in [-0.2, -0.15) is 0 Å². The lowest BCUT2D eigenvalue weighted by Crippen LogP contribution is -2.13. The van der Waals surface area contributed by atoms with Gasteiger partial charge in [0.1, 0.15) is 0 Å². The van der Waals surface area contributed by atoms with Crippen molar-refractivity contribution in [3.05, 3.63) is 473 Å². The molecule has 19 aromatic carbocycles. The van der Waals surface area contributed by atoms with E-state index in [0.29, 0.717) is 0 Å². The Morgan fingerprint density at radius 2 is 0.356 bits per heavy atom. The Bertz CT molecular complexity index is 6880. The molecule has 21 aromatic rings. The highest BCUT2D eigenvalue weighted by atomic mass is 32.1. The molecule has 0 saturated heterocycles. The molecule has 2 heterocycles. The molecule has 0 aliphatic rings. The maximum absolute atomic E-state index is 2.41. The van der Waals surface area contributed by atoms with E-state index >= 15 is 0 Å². The van der Waals surface area contributed by atoms with Gasteiger partial charge in [0.2, 0.25) is 0 Å². The first-order valence-electron chi connectivity index (χ1n) is 39.9. The summed E-state index contributed by atoms with van der Waals surface area (Å²) in [5, 5.41) is 9.87. The van der Waals surface area contributed by atoms with E-state index in [-0.39, 0.29) is 0 Å². The molecule has 0 radical (unpaired) electrons. The largest absolute Gasteiger partial charge is 0.310 e. The van der Waals surface area contributed by atoms with Crippen molar-refractivity contribution in [2.45, 2.75) is 0 Å². The van der Waals surface area contributed by atoms with Crippen LogP contribution in [0, 0.1) is 0 Å². The summed E-state index contributed by atoms with van der Waals surface area (Å²) in [6.45, 7) is 0. The Morgan fingerprint density at radius 1 is 0.119 bits per heavy atom. The van der Waals surface area contributed by atoms with E-state index < -0.39 is 0 Å². The Kier molecular flexibility index (Phi) is 19.8. The molecule has 0 amide bonds. The fourth-order valence-corrected chi connectivity index (χ4v) is 18.7. The van der Waals surface area contributed by atoms with Crippen LogP contribution in [0.25, 0.3) is 73.0 Å². The second-order valence-corrected chi connectivity index (χ2v) is 31.5. The number of fused-ring (bicyclic) bond motifs is 8. The highest BCUT2D eigenvalue weighted by molar-refractivity contribution is 7.26. The number of thiophene rings is 2. The highest BCUT2D eigenvalue weighted by Gasteiger charge is 2.25. The average Bonchev–Trinajstić information content (AvgIpc) is 1.44. The Hall–Kier alpha value is -15.1. The van der Waals surface area contributed by atoms with Crippen LogP contribution >= 0.6 is 22.7 Å². The first-order chi connectivity index (χ1) is 58.5. The summed E-state index contributed by atoms with van der Waals surface area (Å²) in [5.41, 5.74) is 22.2. The zero-order chi connectivity index (χ0) is 78.5. The molecule has 2 aromatic heterocycles. The van der Waals surface area contributed by atoms with E-state index in [1.807, 2.05) is 22.7 Å². The summed E-state index contributed by atoms with van der Waals surface area (Å²) in [7, 11) is 0. The minimum Gasteiger partial charge on any atom is -0.310 e. The van der Waals surface area contributed by atoms with E-state index in [2.05, 4.69) is 503 Å². The van der Waals surface area contributed by atoms with Gasteiger partial charge in [0.15, 0.2) is 0 Å². The quantitative estimate of drug-likeness (QED) is 0.0798. The van der Waals surface area contributed by atoms with E-state index in [9.17, 15) is 0 Å². The lowest BCUT2D eigenvalue weighted by atomic mass is 10.0. The molecule has 0 N–H and O–H groups in total. The van der Waals surface area contributed by atoms with Gasteiger partial charge in [-0.15, -0.1) is 22.7 Å². The number of hydrogen-bond acceptors (Lipinski definition) is 8. The van der Waals surface area contributed by atoms with Crippen LogP contribution in [-0.4, -0.2) is 0 Å². The van der Waals surface area contributed by atoms with Gasteiger partial charge in [-0.05, 0) is 251 Å². The van der Waals surface area contributed by atoms with Gasteiger partial charge in [-0.3, -0.25) is 0 Å². The van der Waals surface area contributed by atoms with Crippen molar-refractivity contribution in [1.29, 1.82) is 0 Å². The monoisotopic (exact) mass is 1550 g/mol. The maximum atomic E-state index is 2.41. The van der Waals surface area contributed by atoms with Crippen molar-refractivity contribution in [2.24, 2.45) is 0 Å². The normalized spacial score (nSPS) is 11.2. The molecule has 8 heteroatoms. The molecular weight excluding hydrogens is 1470 g/mol. The Morgan fingerprint density at radius 3 is 0.712 bits per heavy atom. The fourth-order valence-electron chi connectivity index (χ4n) is 16.4. The first kappa shape index (κ1) is 71.9. The molecule has 560 valence electrons. The summed E-state index contributed by atoms with van der Waals surface area (Å²) in [5.74, 6) is 0. The number of para-hydroxylation sites is 8. The van der Waals surface area contributed by atoms with Crippen molar-refractivity contribution >= 4 is 187 Å². The van der Waals surface area contributed by atoms with Crippen LogP contribution in [0.4, 0.5) is 102 Å². The SMILES string of the molecule is c1ccc(-c2cc(N(c3ccccc3)c3ccccc3)cc(N(c3ccccc3)c3ccc4sc5cc(N(c6ccc7ccccc7c6)c6ccc7ccccc7c6)ccc5c4c3)c2)cc1.c1ccc(N(c2ccccc2)c2cccc(N(c3ccccc3)c3ccc4sc5cc(N(c6ccccc6)c6ccccc6)ccc5c4c3)c2)cc1. The van der Waals surface area contributed by atoms with Crippen molar-refractivity contribution in [2.75, 3.05) is 29.4 Å². The van der Waals surface area contributed by atoms with Gasteiger partial charge in [-0.25, -0.2) is 0 Å². The van der Waals surface area contributed by atoms with Crippen molar-refractivity contribution in [3.8, 4) is 11.1 Å². The van der Waals surface area contributed by atoms with Gasteiger partial charge in [0.05, 0.1) is 0 Å². The molecule has 0 aliphatic heterocycles. The van der Waals surface area contributed by atoms with Crippen LogP contribution in [0.15, 0.2) is 473 Å². The molecule has 6 nitrogen and oxygen atoms in total. The molecule has 0 aliphatic carbocycles. The molecule has 0 fully saturated rings. The van der Waals surface area contributed by atoms with E-state index in [1.165, 1.54) is 61.9 Å². The minimum absolute atomic E-state index is 1.07. The summed E-state index contributed by atoms with van der Waals surface area (Å²) in [6, 6.07) is 170. The molecular formula is C110H78N6S2. The van der Waals surface area contributed by atoms with E-state index in [4.69, 9.17) is 0 Å². The molecule has 118 heavy (non-hydrogen) atoms. The first-order valence-corrected chi connectivity index (χ1v) is 41.6. The summed E-state index contributed by atoms with van der Waals surface area (Å²) in [6.07, 6.45) is 0. The van der Waals surface area contributed by atoms with Crippen LogP contribution in [0.1, 0.15) is 0 Å². The van der Waals surface area contributed by atoms with Gasteiger partial charge in [-0.1, -0.05) is 255 Å². The lowest BCUT2D eigenvalue weighted by molar-refractivity contribution is 1.25. The number of anilines is 18.